The van der Waals surface area contributed by atoms with Gasteiger partial charge in [-0.15, -0.1) is 0 Å². The van der Waals surface area contributed by atoms with E-state index < -0.39 is 0 Å². The average molecular weight is 372 g/mol. The number of fused-ring (bicyclic) bond motifs is 1. The Kier molecular flexibility index (Phi) is 4.71. The monoisotopic (exact) mass is 371 g/mol. The van der Waals surface area contributed by atoms with E-state index >= 15 is 0 Å². The van der Waals surface area contributed by atoms with Crippen LogP contribution in [0.25, 0.3) is 22.4 Å². The Labute approximate surface area is 155 Å². The molecule has 0 atom stereocenters. The maximum atomic E-state index is 11.7. The summed E-state index contributed by atoms with van der Waals surface area (Å²) >= 11 is 6.09. The van der Waals surface area contributed by atoms with Gasteiger partial charge in [-0.05, 0) is 25.0 Å². The lowest BCUT2D eigenvalue weighted by atomic mass is 10.1. The predicted octanol–water partition coefficient (Wildman–Crippen LogP) is 3.36. The molecule has 1 saturated heterocycles. The molecule has 0 bridgehead atoms. The lowest BCUT2D eigenvalue weighted by Gasteiger charge is -2.15. The second-order valence-corrected chi connectivity index (χ2v) is 6.65. The number of hydrogen-bond donors (Lipinski definition) is 1. The van der Waals surface area contributed by atoms with Gasteiger partial charge >= 0.3 is 0 Å². The molecule has 8 heteroatoms. The zero-order valence-corrected chi connectivity index (χ0v) is 14.9. The van der Waals surface area contributed by atoms with Gasteiger partial charge in [0.1, 0.15) is 23.2 Å². The van der Waals surface area contributed by atoms with Crippen LogP contribution in [0.2, 0.25) is 5.02 Å². The molecule has 3 heterocycles. The first-order valence-corrected chi connectivity index (χ1v) is 8.98. The Morgan fingerprint density at radius 1 is 1.31 bits per heavy atom. The number of anilines is 1. The van der Waals surface area contributed by atoms with Crippen LogP contribution in [0.15, 0.2) is 35.1 Å². The van der Waals surface area contributed by atoms with Gasteiger partial charge in [0, 0.05) is 36.6 Å². The van der Waals surface area contributed by atoms with Crippen molar-refractivity contribution in [3.05, 3.63) is 35.6 Å². The molecule has 2 aromatic heterocycles. The maximum absolute atomic E-state index is 11.7. The van der Waals surface area contributed by atoms with Crippen LogP contribution in [0, 0.1) is 0 Å². The van der Waals surface area contributed by atoms with Crippen molar-refractivity contribution in [2.75, 3.05) is 25.0 Å². The molecule has 4 rings (SSSR count). The first-order valence-electron chi connectivity index (χ1n) is 8.60. The molecule has 1 aliphatic heterocycles. The molecule has 1 aliphatic rings. The fraction of sp³-hybridized carbons (Fsp3) is 0.333. The van der Waals surface area contributed by atoms with Crippen LogP contribution < -0.4 is 5.32 Å². The lowest BCUT2D eigenvalue weighted by Crippen LogP contribution is -2.27. The third kappa shape index (κ3) is 3.35. The van der Waals surface area contributed by atoms with Crippen molar-refractivity contribution in [3.8, 4) is 11.3 Å². The number of likely N-dealkylation sites (tertiary alicyclic amines) is 1. The highest BCUT2D eigenvalue weighted by molar-refractivity contribution is 6.30. The van der Waals surface area contributed by atoms with Crippen LogP contribution in [0.3, 0.4) is 0 Å². The van der Waals surface area contributed by atoms with E-state index in [-0.39, 0.29) is 5.91 Å². The Balaban J connectivity index is 1.52. The summed E-state index contributed by atoms with van der Waals surface area (Å²) in [6.07, 6.45) is 3.92. The smallest absolute Gasteiger partial charge is 0.263 e. The topological polar surface area (TPSA) is 84.2 Å². The third-order valence-electron chi connectivity index (χ3n) is 4.44. The number of halogens is 1. The number of aromatic nitrogens is 3. The lowest BCUT2D eigenvalue weighted by molar-refractivity contribution is -0.127. The Hall–Kier alpha value is -2.67. The zero-order chi connectivity index (χ0) is 17.9. The Morgan fingerprint density at radius 3 is 3.04 bits per heavy atom. The number of carbonyl (C=O) groups excluding carboxylic acids is 1. The highest BCUT2D eigenvalue weighted by Gasteiger charge is 2.20. The van der Waals surface area contributed by atoms with Gasteiger partial charge in [0.05, 0.1) is 0 Å². The molecule has 7 nitrogen and oxygen atoms in total. The quantitative estimate of drug-likeness (QED) is 0.669. The fourth-order valence-electron chi connectivity index (χ4n) is 3.17. The van der Waals surface area contributed by atoms with Gasteiger partial charge < -0.3 is 14.7 Å². The van der Waals surface area contributed by atoms with Crippen molar-refractivity contribution in [2.45, 2.75) is 19.3 Å². The minimum absolute atomic E-state index is 0.247. The SMILES string of the molecule is O=C1CCCN1CCCNc1ncnc2onc(-c3cccc(Cl)c3)c12. The summed E-state index contributed by atoms with van der Waals surface area (Å²) in [4.78, 5) is 22.1. The van der Waals surface area contributed by atoms with Crippen molar-refractivity contribution in [1.82, 2.24) is 20.0 Å². The molecule has 3 aromatic rings. The molecular weight excluding hydrogens is 354 g/mol. The molecule has 1 fully saturated rings. The Bertz CT molecular complexity index is 942. The normalized spacial score (nSPS) is 14.3. The van der Waals surface area contributed by atoms with Gasteiger partial charge in [-0.1, -0.05) is 28.9 Å². The van der Waals surface area contributed by atoms with Crippen molar-refractivity contribution < 1.29 is 9.32 Å². The predicted molar refractivity (Wildman–Crippen MR) is 99.0 cm³/mol. The van der Waals surface area contributed by atoms with Crippen molar-refractivity contribution in [1.29, 1.82) is 0 Å². The van der Waals surface area contributed by atoms with E-state index in [4.69, 9.17) is 16.1 Å². The van der Waals surface area contributed by atoms with E-state index in [1.807, 2.05) is 29.2 Å². The summed E-state index contributed by atoms with van der Waals surface area (Å²) in [5.74, 6) is 0.913. The van der Waals surface area contributed by atoms with Gasteiger partial charge in [-0.3, -0.25) is 4.79 Å². The van der Waals surface area contributed by atoms with Crippen molar-refractivity contribution in [3.63, 3.8) is 0 Å². The molecule has 0 saturated carbocycles. The summed E-state index contributed by atoms with van der Waals surface area (Å²) in [6, 6.07) is 7.42. The van der Waals surface area contributed by atoms with Gasteiger partial charge in [-0.25, -0.2) is 4.98 Å². The highest BCUT2D eigenvalue weighted by atomic mass is 35.5. The highest BCUT2D eigenvalue weighted by Crippen LogP contribution is 2.32. The van der Waals surface area contributed by atoms with Crippen molar-refractivity contribution >= 4 is 34.4 Å². The molecule has 134 valence electrons. The third-order valence-corrected chi connectivity index (χ3v) is 4.67. The van der Waals surface area contributed by atoms with Crippen LogP contribution in [-0.2, 0) is 4.79 Å². The van der Waals surface area contributed by atoms with Gasteiger partial charge in [0.2, 0.25) is 5.91 Å². The minimum Gasteiger partial charge on any atom is -0.369 e. The second kappa shape index (κ2) is 7.29. The van der Waals surface area contributed by atoms with Crippen LogP contribution in [0.4, 0.5) is 5.82 Å². The number of rotatable bonds is 6. The van der Waals surface area contributed by atoms with Crippen LogP contribution in [0.5, 0.6) is 0 Å². The Morgan fingerprint density at radius 2 is 2.23 bits per heavy atom. The molecular formula is C18H18ClN5O2. The van der Waals surface area contributed by atoms with Crippen LogP contribution in [0.1, 0.15) is 19.3 Å². The van der Waals surface area contributed by atoms with E-state index in [1.54, 1.807) is 0 Å². The summed E-state index contributed by atoms with van der Waals surface area (Å²) in [5, 5.41) is 8.81. The standard InChI is InChI=1S/C18H18ClN5O2/c19-13-5-1-4-12(10-13)16-15-17(21-11-22-18(15)26-23-16)20-7-3-9-24-8-2-6-14(24)25/h1,4-5,10-11H,2-3,6-9H2,(H,20,21,22). The van der Waals surface area contributed by atoms with E-state index in [1.165, 1.54) is 6.33 Å². The summed E-state index contributed by atoms with van der Waals surface area (Å²) in [7, 11) is 0. The number of amides is 1. The maximum Gasteiger partial charge on any atom is 0.263 e. The van der Waals surface area contributed by atoms with Gasteiger partial charge in [0.15, 0.2) is 0 Å². The number of benzene rings is 1. The van der Waals surface area contributed by atoms with Gasteiger partial charge in [-0.2, -0.15) is 4.98 Å². The van der Waals surface area contributed by atoms with E-state index in [0.717, 1.165) is 36.9 Å². The summed E-state index contributed by atoms with van der Waals surface area (Å²) in [5.41, 5.74) is 1.92. The largest absolute Gasteiger partial charge is 0.369 e. The van der Waals surface area contributed by atoms with Crippen LogP contribution >= 0.6 is 11.6 Å². The molecule has 0 aliphatic carbocycles. The number of nitrogens with one attached hydrogen (secondary N) is 1. The number of carbonyl (C=O) groups is 1. The van der Waals surface area contributed by atoms with Crippen molar-refractivity contribution in [2.24, 2.45) is 0 Å². The average Bonchev–Trinajstić information content (AvgIpc) is 3.25. The molecule has 26 heavy (non-hydrogen) atoms. The van der Waals surface area contributed by atoms with E-state index in [0.29, 0.717) is 35.2 Å². The van der Waals surface area contributed by atoms with Gasteiger partial charge in [0.25, 0.3) is 5.71 Å². The molecule has 0 radical (unpaired) electrons. The molecule has 1 N–H and O–H groups in total. The molecule has 0 spiro atoms. The minimum atomic E-state index is 0.247. The second-order valence-electron chi connectivity index (χ2n) is 6.21. The van der Waals surface area contributed by atoms with Crippen LogP contribution in [-0.4, -0.2) is 45.6 Å². The number of hydrogen-bond acceptors (Lipinski definition) is 6. The fourth-order valence-corrected chi connectivity index (χ4v) is 3.36. The first kappa shape index (κ1) is 16.8. The molecule has 1 aromatic carbocycles. The van der Waals surface area contributed by atoms with E-state index in [9.17, 15) is 4.79 Å². The molecule has 1 amide bonds. The zero-order valence-electron chi connectivity index (χ0n) is 14.1. The summed E-state index contributed by atoms with van der Waals surface area (Å²) < 4.78 is 5.35. The number of nitrogens with zero attached hydrogens (tertiary/aromatic N) is 4. The first-order chi connectivity index (χ1) is 12.7. The van der Waals surface area contributed by atoms with E-state index in [2.05, 4.69) is 20.4 Å². The summed E-state index contributed by atoms with van der Waals surface area (Å²) in [6.45, 7) is 2.31. The molecule has 0 unspecified atom stereocenters.